The first-order valence-electron chi connectivity index (χ1n) is 11.8. The van der Waals surface area contributed by atoms with Crippen molar-refractivity contribution in [3.63, 3.8) is 0 Å². The summed E-state index contributed by atoms with van der Waals surface area (Å²) in [5.74, 6) is -2.25. The molecule has 13 heteroatoms. The Morgan fingerprint density at radius 2 is 1.77 bits per heavy atom. The molecule has 0 radical (unpaired) electrons. The lowest BCUT2D eigenvalue weighted by atomic mass is 10.1. The first-order chi connectivity index (χ1) is 18.4. The minimum absolute atomic E-state index is 0.253. The molecule has 4 rings (SSSR count). The van der Waals surface area contributed by atoms with Crippen LogP contribution < -0.4 is 10.2 Å². The fraction of sp³-hybridized carbons (Fsp3) is 0.269. The molecule has 0 atom stereocenters. The van der Waals surface area contributed by atoms with Gasteiger partial charge in [0.15, 0.2) is 5.82 Å². The maximum Gasteiger partial charge on any atom is 0.419 e. The van der Waals surface area contributed by atoms with E-state index in [0.717, 1.165) is 11.6 Å². The first-order valence-corrected chi connectivity index (χ1v) is 11.8. The molecule has 0 spiro atoms. The SMILES string of the molecule is Cc1ccc(NC(=O)c2cc(N(C)CCN(C)C)c(F)c(C(F)(F)F)c2)cc1-n1cc(-c2cncnc2)nn1. The lowest BCUT2D eigenvalue weighted by molar-refractivity contribution is -0.139. The predicted molar refractivity (Wildman–Crippen MR) is 138 cm³/mol. The van der Waals surface area contributed by atoms with Gasteiger partial charge in [-0.3, -0.25) is 4.79 Å². The molecular weight excluding hydrogens is 516 g/mol. The van der Waals surface area contributed by atoms with Crippen LogP contribution in [0.4, 0.5) is 28.9 Å². The van der Waals surface area contributed by atoms with Crippen LogP contribution in [-0.4, -0.2) is 70.0 Å². The molecule has 2 heterocycles. The molecule has 2 aromatic carbocycles. The molecule has 0 fully saturated rings. The van der Waals surface area contributed by atoms with Crippen molar-refractivity contribution >= 4 is 17.3 Å². The average Bonchev–Trinajstić information content (AvgIpc) is 3.38. The van der Waals surface area contributed by atoms with Crippen molar-refractivity contribution in [3.05, 3.63) is 77.8 Å². The Bertz CT molecular complexity index is 1470. The molecule has 0 aliphatic rings. The maximum atomic E-state index is 14.9. The lowest BCUT2D eigenvalue weighted by Crippen LogP contribution is -2.30. The standard InChI is InChI=1S/C26H26F4N8O/c1-16-5-6-19(11-22(16)38-14-21(34-35-38)18-12-31-15-32-13-18)33-25(39)17-9-20(26(28,29)30)24(27)23(10-17)37(4)8-7-36(2)3/h5-6,9-15H,7-8H2,1-4H3,(H,33,39). The van der Waals surface area contributed by atoms with Crippen molar-refractivity contribution in [2.45, 2.75) is 13.1 Å². The average molecular weight is 543 g/mol. The monoisotopic (exact) mass is 542 g/mol. The number of hydrogen-bond acceptors (Lipinski definition) is 7. The van der Waals surface area contributed by atoms with Crippen LogP contribution in [0.15, 0.2) is 55.2 Å². The highest BCUT2D eigenvalue weighted by Gasteiger charge is 2.37. The number of aromatic nitrogens is 5. The van der Waals surface area contributed by atoms with E-state index in [9.17, 15) is 22.4 Å². The highest BCUT2D eigenvalue weighted by Crippen LogP contribution is 2.36. The Morgan fingerprint density at radius 3 is 2.44 bits per heavy atom. The number of alkyl halides is 3. The number of nitrogens with zero attached hydrogens (tertiary/aromatic N) is 7. The van der Waals surface area contributed by atoms with Crippen LogP contribution in [0.25, 0.3) is 16.9 Å². The molecule has 0 aliphatic heterocycles. The number of aryl methyl sites for hydroxylation is 1. The zero-order valence-corrected chi connectivity index (χ0v) is 21.7. The van der Waals surface area contributed by atoms with Crippen molar-refractivity contribution < 1.29 is 22.4 Å². The molecule has 0 aliphatic carbocycles. The summed E-state index contributed by atoms with van der Waals surface area (Å²) in [5, 5.41) is 10.9. The number of carbonyl (C=O) groups is 1. The van der Waals surface area contributed by atoms with E-state index in [0.29, 0.717) is 35.2 Å². The van der Waals surface area contributed by atoms with Crippen molar-refractivity contribution in [1.29, 1.82) is 0 Å². The number of likely N-dealkylation sites (N-methyl/N-ethyl adjacent to an activating group) is 2. The van der Waals surface area contributed by atoms with E-state index in [1.807, 2.05) is 11.8 Å². The molecule has 204 valence electrons. The fourth-order valence-corrected chi connectivity index (χ4v) is 3.78. The molecule has 2 aromatic heterocycles. The van der Waals surface area contributed by atoms with Crippen molar-refractivity contribution in [1.82, 2.24) is 29.9 Å². The quantitative estimate of drug-likeness (QED) is 0.329. The van der Waals surface area contributed by atoms with Gasteiger partial charge in [-0.05, 0) is 50.8 Å². The second kappa shape index (κ2) is 11.2. The third kappa shape index (κ3) is 6.37. The van der Waals surface area contributed by atoms with Crippen LogP contribution in [-0.2, 0) is 6.18 Å². The molecule has 1 N–H and O–H groups in total. The molecule has 0 saturated heterocycles. The second-order valence-corrected chi connectivity index (χ2v) is 9.21. The van der Waals surface area contributed by atoms with E-state index in [1.54, 1.807) is 50.9 Å². The van der Waals surface area contributed by atoms with Gasteiger partial charge in [0.1, 0.15) is 12.0 Å². The number of hydrogen-bond donors (Lipinski definition) is 1. The first kappa shape index (κ1) is 27.6. The molecular formula is C26H26F4N8O. The fourth-order valence-electron chi connectivity index (χ4n) is 3.78. The van der Waals surface area contributed by atoms with Gasteiger partial charge in [-0.25, -0.2) is 19.0 Å². The van der Waals surface area contributed by atoms with E-state index in [1.165, 1.54) is 23.0 Å². The molecule has 0 saturated carbocycles. The minimum atomic E-state index is -4.98. The maximum absolute atomic E-state index is 14.9. The number of amides is 1. The van der Waals surface area contributed by atoms with Crippen molar-refractivity contribution in [3.8, 4) is 16.9 Å². The van der Waals surface area contributed by atoms with Crippen molar-refractivity contribution in [2.24, 2.45) is 0 Å². The third-order valence-corrected chi connectivity index (χ3v) is 5.98. The Balaban J connectivity index is 1.64. The van der Waals surface area contributed by atoms with Gasteiger partial charge in [0, 0.05) is 49.3 Å². The van der Waals surface area contributed by atoms with Crippen LogP contribution in [0.1, 0.15) is 21.5 Å². The van der Waals surface area contributed by atoms with Crippen LogP contribution in [0.3, 0.4) is 0 Å². The Hall–Kier alpha value is -4.39. The lowest BCUT2D eigenvalue weighted by Gasteiger charge is -2.24. The summed E-state index contributed by atoms with van der Waals surface area (Å²) in [7, 11) is 5.06. The smallest absolute Gasteiger partial charge is 0.371 e. The molecule has 1 amide bonds. The normalized spacial score (nSPS) is 11.6. The Kier molecular flexibility index (Phi) is 7.90. The minimum Gasteiger partial charge on any atom is -0.371 e. The van der Waals surface area contributed by atoms with Gasteiger partial charge in [0.25, 0.3) is 5.91 Å². The topological polar surface area (TPSA) is 92.1 Å². The number of nitrogens with one attached hydrogen (secondary N) is 1. The number of halogens is 4. The van der Waals surface area contributed by atoms with Gasteiger partial charge >= 0.3 is 6.18 Å². The summed E-state index contributed by atoms with van der Waals surface area (Å²) in [6.45, 7) is 2.56. The second-order valence-electron chi connectivity index (χ2n) is 9.21. The Morgan fingerprint density at radius 1 is 1.05 bits per heavy atom. The molecule has 0 bridgehead atoms. The number of rotatable bonds is 8. The van der Waals surface area contributed by atoms with Crippen LogP contribution in [0.5, 0.6) is 0 Å². The zero-order valence-electron chi connectivity index (χ0n) is 21.7. The summed E-state index contributed by atoms with van der Waals surface area (Å²) in [6.07, 6.45) is 1.26. The van der Waals surface area contributed by atoms with Gasteiger partial charge in [-0.2, -0.15) is 13.2 Å². The van der Waals surface area contributed by atoms with Crippen LogP contribution >= 0.6 is 0 Å². The van der Waals surface area contributed by atoms with Crippen LogP contribution in [0, 0.1) is 12.7 Å². The van der Waals surface area contributed by atoms with E-state index in [-0.39, 0.29) is 17.8 Å². The number of anilines is 2. The zero-order chi connectivity index (χ0) is 28.3. The summed E-state index contributed by atoms with van der Waals surface area (Å²) in [5.41, 5.74) is 0.733. The Labute approximate surface area is 222 Å². The highest BCUT2D eigenvalue weighted by atomic mass is 19.4. The van der Waals surface area contributed by atoms with Gasteiger partial charge in [-0.15, -0.1) is 5.10 Å². The summed E-state index contributed by atoms with van der Waals surface area (Å²) in [6, 6.07) is 6.60. The van der Waals surface area contributed by atoms with E-state index in [4.69, 9.17) is 0 Å². The molecule has 39 heavy (non-hydrogen) atoms. The van der Waals surface area contributed by atoms with Gasteiger partial charge in [0.05, 0.1) is 23.1 Å². The largest absolute Gasteiger partial charge is 0.419 e. The third-order valence-electron chi connectivity index (χ3n) is 5.98. The summed E-state index contributed by atoms with van der Waals surface area (Å²) < 4.78 is 57.4. The summed E-state index contributed by atoms with van der Waals surface area (Å²) >= 11 is 0. The molecule has 4 aromatic rings. The van der Waals surface area contributed by atoms with Crippen LogP contribution in [0.2, 0.25) is 0 Å². The van der Waals surface area contributed by atoms with E-state index < -0.39 is 23.5 Å². The van der Waals surface area contributed by atoms with E-state index in [2.05, 4.69) is 25.6 Å². The predicted octanol–water partition coefficient (Wildman–Crippen LogP) is 4.44. The summed E-state index contributed by atoms with van der Waals surface area (Å²) in [4.78, 5) is 24.2. The molecule has 0 unspecified atom stereocenters. The van der Waals surface area contributed by atoms with Gasteiger partial charge in [-0.1, -0.05) is 11.3 Å². The van der Waals surface area contributed by atoms with E-state index >= 15 is 0 Å². The van der Waals surface area contributed by atoms with Gasteiger partial charge < -0.3 is 15.1 Å². The van der Waals surface area contributed by atoms with Crippen molar-refractivity contribution in [2.75, 3.05) is 44.4 Å². The van der Waals surface area contributed by atoms with Gasteiger partial charge in [0.2, 0.25) is 0 Å². The number of benzene rings is 2. The molecule has 9 nitrogen and oxygen atoms in total. The highest BCUT2D eigenvalue weighted by molar-refractivity contribution is 6.05. The number of carbonyl (C=O) groups excluding carboxylic acids is 1.